The molecule has 1 saturated heterocycles. The van der Waals surface area contributed by atoms with E-state index in [0.29, 0.717) is 31.0 Å². The third-order valence-electron chi connectivity index (χ3n) is 3.93. The highest BCUT2D eigenvalue weighted by molar-refractivity contribution is 7.91. The standard InChI is InChI=1S/C15H22ClN3O4S/c1-18(2)14-9-11(8-13(16)17-14)15(20)19(5-6-23-3)12-4-7-24(21,22)10-12/h8-9,12H,4-7,10H2,1-3H3. The number of sulfone groups is 1. The summed E-state index contributed by atoms with van der Waals surface area (Å²) in [5.41, 5.74) is 0.388. The Morgan fingerprint density at radius 1 is 1.42 bits per heavy atom. The summed E-state index contributed by atoms with van der Waals surface area (Å²) in [5.74, 6) is 0.397. The summed E-state index contributed by atoms with van der Waals surface area (Å²) in [6.45, 7) is 0.661. The third-order valence-corrected chi connectivity index (χ3v) is 5.88. The number of ether oxygens (including phenoxy) is 1. The van der Waals surface area contributed by atoms with Crippen LogP contribution in [-0.4, -0.2) is 76.1 Å². The Morgan fingerprint density at radius 3 is 2.67 bits per heavy atom. The molecule has 1 aliphatic heterocycles. The molecule has 0 spiro atoms. The first-order chi connectivity index (χ1) is 11.2. The van der Waals surface area contributed by atoms with Gasteiger partial charge < -0.3 is 14.5 Å². The number of halogens is 1. The molecular formula is C15H22ClN3O4S. The van der Waals surface area contributed by atoms with Gasteiger partial charge in [0.05, 0.1) is 18.1 Å². The maximum Gasteiger partial charge on any atom is 0.254 e. The minimum atomic E-state index is -3.09. The normalized spacial score (nSPS) is 19.2. The van der Waals surface area contributed by atoms with Crippen molar-refractivity contribution in [1.29, 1.82) is 0 Å². The number of hydrogen-bond donors (Lipinski definition) is 0. The Kier molecular flexibility index (Phi) is 6.06. The monoisotopic (exact) mass is 375 g/mol. The molecule has 1 aromatic rings. The molecule has 134 valence electrons. The number of rotatable bonds is 6. The molecule has 0 radical (unpaired) electrons. The zero-order valence-corrected chi connectivity index (χ0v) is 15.6. The topological polar surface area (TPSA) is 79.8 Å². The molecule has 1 aromatic heterocycles. The van der Waals surface area contributed by atoms with E-state index in [1.54, 1.807) is 37.1 Å². The third kappa shape index (κ3) is 4.58. The van der Waals surface area contributed by atoms with Gasteiger partial charge in [-0.05, 0) is 18.6 Å². The lowest BCUT2D eigenvalue weighted by atomic mass is 10.1. The number of amides is 1. The van der Waals surface area contributed by atoms with Crippen LogP contribution in [0.5, 0.6) is 0 Å². The highest BCUT2D eigenvalue weighted by Crippen LogP contribution is 2.23. The van der Waals surface area contributed by atoms with Gasteiger partial charge in [0.1, 0.15) is 11.0 Å². The van der Waals surface area contributed by atoms with Gasteiger partial charge in [-0.2, -0.15) is 0 Å². The highest BCUT2D eigenvalue weighted by atomic mass is 35.5. The van der Waals surface area contributed by atoms with Gasteiger partial charge in [0.2, 0.25) is 0 Å². The van der Waals surface area contributed by atoms with Crippen molar-refractivity contribution < 1.29 is 17.9 Å². The van der Waals surface area contributed by atoms with Crippen LogP contribution in [0.25, 0.3) is 0 Å². The van der Waals surface area contributed by atoms with Crippen LogP contribution < -0.4 is 4.90 Å². The number of aromatic nitrogens is 1. The van der Waals surface area contributed by atoms with Crippen molar-refractivity contribution in [3.63, 3.8) is 0 Å². The van der Waals surface area contributed by atoms with E-state index in [-0.39, 0.29) is 28.6 Å². The van der Waals surface area contributed by atoms with Gasteiger partial charge in [-0.15, -0.1) is 0 Å². The molecule has 2 heterocycles. The lowest BCUT2D eigenvalue weighted by molar-refractivity contribution is 0.0624. The maximum atomic E-state index is 12.9. The van der Waals surface area contributed by atoms with E-state index in [4.69, 9.17) is 16.3 Å². The van der Waals surface area contributed by atoms with Crippen LogP contribution in [0.3, 0.4) is 0 Å². The van der Waals surface area contributed by atoms with Crippen LogP contribution in [0, 0.1) is 0 Å². The molecule has 1 unspecified atom stereocenters. The summed E-state index contributed by atoms with van der Waals surface area (Å²) in [5, 5.41) is 0.218. The van der Waals surface area contributed by atoms with Gasteiger partial charge in [-0.3, -0.25) is 4.79 Å². The first-order valence-electron chi connectivity index (χ1n) is 7.59. The van der Waals surface area contributed by atoms with Crippen molar-refractivity contribution in [2.45, 2.75) is 12.5 Å². The smallest absolute Gasteiger partial charge is 0.254 e. The predicted molar refractivity (Wildman–Crippen MR) is 93.5 cm³/mol. The molecule has 1 aliphatic rings. The van der Waals surface area contributed by atoms with E-state index in [0.717, 1.165) is 0 Å². The fraction of sp³-hybridized carbons (Fsp3) is 0.600. The number of nitrogens with zero attached hydrogens (tertiary/aromatic N) is 3. The predicted octanol–water partition coefficient (Wildman–Crippen LogP) is 1.08. The zero-order valence-electron chi connectivity index (χ0n) is 14.0. The molecule has 0 N–H and O–H groups in total. The number of pyridine rings is 1. The molecule has 9 heteroatoms. The fourth-order valence-electron chi connectivity index (χ4n) is 2.66. The largest absolute Gasteiger partial charge is 0.383 e. The van der Waals surface area contributed by atoms with Gasteiger partial charge in [0.15, 0.2) is 9.84 Å². The molecule has 7 nitrogen and oxygen atoms in total. The quantitative estimate of drug-likeness (QED) is 0.692. The number of anilines is 1. The molecule has 1 fully saturated rings. The van der Waals surface area contributed by atoms with Crippen LogP contribution in [0.1, 0.15) is 16.8 Å². The Labute approximate surface area is 147 Å². The van der Waals surface area contributed by atoms with E-state index in [2.05, 4.69) is 4.98 Å². The second-order valence-electron chi connectivity index (χ2n) is 5.98. The summed E-state index contributed by atoms with van der Waals surface area (Å²) >= 11 is 6.02. The number of carbonyl (C=O) groups is 1. The Morgan fingerprint density at radius 2 is 2.12 bits per heavy atom. The molecule has 0 bridgehead atoms. The van der Waals surface area contributed by atoms with Gasteiger partial charge >= 0.3 is 0 Å². The van der Waals surface area contributed by atoms with Crippen LogP contribution in [-0.2, 0) is 14.6 Å². The number of methoxy groups -OCH3 is 1. The molecule has 1 atom stereocenters. The SMILES string of the molecule is COCCN(C(=O)c1cc(Cl)nc(N(C)C)c1)C1CCS(=O)(=O)C1. The first kappa shape index (κ1) is 19.0. The van der Waals surface area contributed by atoms with Crippen molar-refractivity contribution >= 4 is 33.2 Å². The minimum absolute atomic E-state index is 0.0121. The molecule has 24 heavy (non-hydrogen) atoms. The van der Waals surface area contributed by atoms with Gasteiger partial charge in [0.25, 0.3) is 5.91 Å². The molecule has 1 amide bonds. The minimum Gasteiger partial charge on any atom is -0.383 e. The zero-order chi connectivity index (χ0) is 17.9. The second kappa shape index (κ2) is 7.67. The van der Waals surface area contributed by atoms with Crippen molar-refractivity contribution in [3.8, 4) is 0 Å². The van der Waals surface area contributed by atoms with Gasteiger partial charge in [-0.25, -0.2) is 13.4 Å². The number of carbonyl (C=O) groups excluding carboxylic acids is 1. The summed E-state index contributed by atoms with van der Waals surface area (Å²) < 4.78 is 28.6. The van der Waals surface area contributed by atoms with Crippen LogP contribution in [0.2, 0.25) is 5.15 Å². The highest BCUT2D eigenvalue weighted by Gasteiger charge is 2.35. The molecule has 0 saturated carbocycles. The van der Waals surface area contributed by atoms with Crippen LogP contribution in [0.4, 0.5) is 5.82 Å². The van der Waals surface area contributed by atoms with E-state index in [9.17, 15) is 13.2 Å². The molecule has 2 rings (SSSR count). The van der Waals surface area contributed by atoms with E-state index in [1.165, 1.54) is 6.07 Å². The van der Waals surface area contributed by atoms with E-state index < -0.39 is 9.84 Å². The van der Waals surface area contributed by atoms with Crippen LogP contribution >= 0.6 is 11.6 Å². The second-order valence-corrected chi connectivity index (χ2v) is 8.60. The van der Waals surface area contributed by atoms with E-state index >= 15 is 0 Å². The average Bonchev–Trinajstić information content (AvgIpc) is 2.86. The number of hydrogen-bond acceptors (Lipinski definition) is 6. The van der Waals surface area contributed by atoms with Crippen molar-refractivity contribution in [3.05, 3.63) is 22.8 Å². The van der Waals surface area contributed by atoms with E-state index in [1.807, 2.05) is 0 Å². The first-order valence-corrected chi connectivity index (χ1v) is 9.78. The van der Waals surface area contributed by atoms with Crippen molar-refractivity contribution in [2.24, 2.45) is 0 Å². The van der Waals surface area contributed by atoms with Crippen molar-refractivity contribution in [1.82, 2.24) is 9.88 Å². The lowest BCUT2D eigenvalue weighted by Gasteiger charge is -2.28. The summed E-state index contributed by atoms with van der Waals surface area (Å²) in [7, 11) is 2.06. The fourth-order valence-corrected chi connectivity index (χ4v) is 4.60. The summed E-state index contributed by atoms with van der Waals surface area (Å²) in [6.07, 6.45) is 0.442. The summed E-state index contributed by atoms with van der Waals surface area (Å²) in [6, 6.07) is 2.81. The van der Waals surface area contributed by atoms with Gasteiger partial charge in [0, 0.05) is 39.4 Å². The lowest BCUT2D eigenvalue weighted by Crippen LogP contribution is -2.43. The Hall–Kier alpha value is -1.38. The maximum absolute atomic E-state index is 12.9. The van der Waals surface area contributed by atoms with Crippen LogP contribution in [0.15, 0.2) is 12.1 Å². The molecular weight excluding hydrogens is 354 g/mol. The molecule has 0 aliphatic carbocycles. The average molecular weight is 376 g/mol. The van der Waals surface area contributed by atoms with Crippen molar-refractivity contribution in [2.75, 3.05) is 50.8 Å². The summed E-state index contributed by atoms with van der Waals surface area (Å²) in [4.78, 5) is 20.4. The Bertz CT molecular complexity index is 709. The Balaban J connectivity index is 2.31. The van der Waals surface area contributed by atoms with Gasteiger partial charge in [-0.1, -0.05) is 11.6 Å². The molecule has 0 aromatic carbocycles.